The predicted octanol–water partition coefficient (Wildman–Crippen LogP) is 12.5. The fourth-order valence-electron chi connectivity index (χ4n) is 7.43. The second kappa shape index (κ2) is 10.1. The highest BCUT2D eigenvalue weighted by Crippen LogP contribution is 2.44. The number of rotatable bonds is 4. The van der Waals surface area contributed by atoms with Crippen LogP contribution in [-0.2, 0) is 0 Å². The van der Waals surface area contributed by atoms with E-state index >= 15 is 0 Å². The topological polar surface area (TPSA) is 21.3 Å². The van der Waals surface area contributed by atoms with Crippen LogP contribution in [0.15, 0.2) is 174 Å². The first-order valence-electron chi connectivity index (χ1n) is 16.0. The normalized spacial score (nSPS) is 11.8. The molecule has 0 aliphatic rings. The number of nitrogens with zero attached hydrogens (tertiary/aromatic N) is 2. The van der Waals surface area contributed by atoms with Gasteiger partial charge in [0.1, 0.15) is 11.2 Å². The molecular weight excluding hydrogens is 572 g/mol. The summed E-state index contributed by atoms with van der Waals surface area (Å²) in [6, 6.07) is 60.9. The lowest BCUT2D eigenvalue weighted by molar-refractivity contribution is 0.669. The molecule has 3 nitrogen and oxygen atoms in total. The zero-order valence-electron chi connectivity index (χ0n) is 25.5. The fraction of sp³-hybridized carbons (Fsp3) is 0. The summed E-state index contributed by atoms with van der Waals surface area (Å²) in [7, 11) is 0. The van der Waals surface area contributed by atoms with Gasteiger partial charge in [0.05, 0.1) is 16.7 Å². The van der Waals surface area contributed by atoms with Crippen molar-refractivity contribution in [3.05, 3.63) is 170 Å². The summed E-state index contributed by atoms with van der Waals surface area (Å²) in [4.78, 5) is 2.41. The van der Waals surface area contributed by atoms with E-state index in [-0.39, 0.29) is 0 Å². The molecular formula is C44H28N2O. The van der Waals surface area contributed by atoms with Crippen molar-refractivity contribution in [2.45, 2.75) is 0 Å². The number of furan rings is 1. The second-order valence-corrected chi connectivity index (χ2v) is 12.2. The van der Waals surface area contributed by atoms with Crippen LogP contribution in [0.25, 0.3) is 71.0 Å². The van der Waals surface area contributed by atoms with E-state index in [1.807, 2.05) is 12.1 Å². The highest BCUT2D eigenvalue weighted by Gasteiger charge is 2.21. The highest BCUT2D eigenvalue weighted by molar-refractivity contribution is 6.18. The van der Waals surface area contributed by atoms with Crippen LogP contribution in [0, 0.1) is 0 Å². The average Bonchev–Trinajstić information content (AvgIpc) is 3.67. The van der Waals surface area contributed by atoms with Gasteiger partial charge in [-0.2, -0.15) is 0 Å². The molecule has 0 fully saturated rings. The van der Waals surface area contributed by atoms with Crippen LogP contribution >= 0.6 is 0 Å². The summed E-state index contributed by atoms with van der Waals surface area (Å²) in [5, 5.41) is 9.55. The molecule has 0 saturated heterocycles. The molecule has 0 radical (unpaired) electrons. The Bertz CT molecular complexity index is 2790. The minimum atomic E-state index is 0.917. The number of aromatic nitrogens is 1. The average molecular weight is 601 g/mol. The summed E-state index contributed by atoms with van der Waals surface area (Å²) in [6.07, 6.45) is 0. The van der Waals surface area contributed by atoms with Gasteiger partial charge in [-0.25, -0.2) is 0 Å². The van der Waals surface area contributed by atoms with Crippen molar-refractivity contribution in [3.8, 4) is 5.69 Å². The molecule has 47 heavy (non-hydrogen) atoms. The van der Waals surface area contributed by atoms with Crippen molar-refractivity contribution in [3.63, 3.8) is 0 Å². The molecule has 10 aromatic rings. The number of benzene rings is 8. The van der Waals surface area contributed by atoms with E-state index in [0.29, 0.717) is 0 Å². The van der Waals surface area contributed by atoms with Crippen LogP contribution in [0.1, 0.15) is 0 Å². The lowest BCUT2D eigenvalue weighted by Crippen LogP contribution is -2.11. The number of hydrogen-bond donors (Lipinski definition) is 0. The van der Waals surface area contributed by atoms with Crippen LogP contribution in [0.3, 0.4) is 0 Å². The second-order valence-electron chi connectivity index (χ2n) is 12.2. The molecule has 0 unspecified atom stereocenters. The maximum atomic E-state index is 6.25. The first kappa shape index (κ1) is 26.0. The zero-order valence-corrected chi connectivity index (χ0v) is 25.5. The Balaban J connectivity index is 1.28. The molecule has 0 N–H and O–H groups in total. The van der Waals surface area contributed by atoms with Crippen molar-refractivity contribution in [2.24, 2.45) is 0 Å². The molecule has 2 heterocycles. The van der Waals surface area contributed by atoms with Crippen molar-refractivity contribution < 1.29 is 4.42 Å². The summed E-state index contributed by atoms with van der Waals surface area (Å²) in [6.45, 7) is 0. The third-order valence-corrected chi connectivity index (χ3v) is 9.52. The molecule has 10 rings (SSSR count). The lowest BCUT2D eigenvalue weighted by Gasteiger charge is -2.27. The van der Waals surface area contributed by atoms with E-state index < -0.39 is 0 Å². The van der Waals surface area contributed by atoms with Crippen LogP contribution in [0.2, 0.25) is 0 Å². The van der Waals surface area contributed by atoms with E-state index in [9.17, 15) is 0 Å². The Morgan fingerprint density at radius 3 is 1.96 bits per heavy atom. The van der Waals surface area contributed by atoms with Crippen LogP contribution in [-0.4, -0.2) is 4.57 Å². The van der Waals surface area contributed by atoms with Gasteiger partial charge in [-0.05, 0) is 88.3 Å². The monoisotopic (exact) mass is 600 g/mol. The molecule has 0 bridgehead atoms. The molecule has 0 spiro atoms. The minimum absolute atomic E-state index is 0.917. The number of anilines is 3. The zero-order chi connectivity index (χ0) is 30.9. The van der Waals surface area contributed by atoms with Gasteiger partial charge in [-0.15, -0.1) is 0 Å². The molecule has 3 heteroatoms. The molecule has 220 valence electrons. The number of hydrogen-bond acceptors (Lipinski definition) is 2. The maximum absolute atomic E-state index is 6.25. The lowest BCUT2D eigenvalue weighted by atomic mass is 9.99. The third kappa shape index (κ3) is 3.93. The smallest absolute Gasteiger partial charge is 0.136 e. The van der Waals surface area contributed by atoms with E-state index in [4.69, 9.17) is 4.42 Å². The standard InChI is InChI=1S/C44H28N2O/c1-3-12-31(13-4-1)45(41-20-11-18-36-34-16-7-9-19-40(34)46(44(36)41)32-14-5-2-6-15-32)33-25-24-29-22-23-30-26-43-39(28-38(30)37(29)27-33)35-17-8-10-21-42(35)47-43/h1-28H. The molecule has 0 aliphatic carbocycles. The number of fused-ring (bicyclic) bond motifs is 9. The van der Waals surface area contributed by atoms with Gasteiger partial charge in [0.15, 0.2) is 0 Å². The maximum Gasteiger partial charge on any atom is 0.136 e. The first-order chi connectivity index (χ1) is 23.3. The Hall–Kier alpha value is -6.32. The molecule has 2 aromatic heterocycles. The van der Waals surface area contributed by atoms with E-state index in [1.54, 1.807) is 0 Å². The summed E-state index contributed by atoms with van der Waals surface area (Å²) in [5.74, 6) is 0. The molecule has 0 aliphatic heterocycles. The number of para-hydroxylation sites is 5. The summed E-state index contributed by atoms with van der Waals surface area (Å²) in [5.41, 5.74) is 8.67. The quantitative estimate of drug-likeness (QED) is 0.187. The van der Waals surface area contributed by atoms with E-state index in [0.717, 1.165) is 44.7 Å². The van der Waals surface area contributed by atoms with Crippen LogP contribution in [0.5, 0.6) is 0 Å². The SMILES string of the molecule is c1ccc(N(c2ccc3ccc4cc5oc6ccccc6c5cc4c3c2)c2cccc3c4ccccc4n(-c4ccccc4)c23)cc1. The summed E-state index contributed by atoms with van der Waals surface area (Å²) >= 11 is 0. The van der Waals surface area contributed by atoms with Gasteiger partial charge in [-0.1, -0.05) is 103 Å². The van der Waals surface area contributed by atoms with Crippen molar-refractivity contribution >= 4 is 82.4 Å². The van der Waals surface area contributed by atoms with Gasteiger partial charge in [0.25, 0.3) is 0 Å². The van der Waals surface area contributed by atoms with Gasteiger partial charge in [0.2, 0.25) is 0 Å². The van der Waals surface area contributed by atoms with E-state index in [1.165, 1.54) is 43.4 Å². The van der Waals surface area contributed by atoms with Crippen LogP contribution in [0.4, 0.5) is 17.1 Å². The van der Waals surface area contributed by atoms with Crippen molar-refractivity contribution in [1.82, 2.24) is 4.57 Å². The van der Waals surface area contributed by atoms with E-state index in [2.05, 4.69) is 167 Å². The molecule has 0 saturated carbocycles. The Labute approximate surface area is 271 Å². The molecule has 8 aromatic carbocycles. The van der Waals surface area contributed by atoms with Gasteiger partial charge >= 0.3 is 0 Å². The van der Waals surface area contributed by atoms with Crippen molar-refractivity contribution in [1.29, 1.82) is 0 Å². The van der Waals surface area contributed by atoms with Crippen molar-refractivity contribution in [2.75, 3.05) is 4.90 Å². The first-order valence-corrected chi connectivity index (χ1v) is 16.0. The van der Waals surface area contributed by atoms with Gasteiger partial charge in [-0.3, -0.25) is 0 Å². The third-order valence-electron chi connectivity index (χ3n) is 9.52. The van der Waals surface area contributed by atoms with Crippen LogP contribution < -0.4 is 4.90 Å². The Morgan fingerprint density at radius 1 is 0.404 bits per heavy atom. The summed E-state index contributed by atoms with van der Waals surface area (Å²) < 4.78 is 8.66. The highest BCUT2D eigenvalue weighted by atomic mass is 16.3. The van der Waals surface area contributed by atoms with Gasteiger partial charge in [0, 0.05) is 38.6 Å². The fourth-order valence-corrected chi connectivity index (χ4v) is 7.43. The largest absolute Gasteiger partial charge is 0.456 e. The predicted molar refractivity (Wildman–Crippen MR) is 198 cm³/mol. The van der Waals surface area contributed by atoms with Gasteiger partial charge < -0.3 is 13.9 Å². The minimum Gasteiger partial charge on any atom is -0.456 e. The molecule has 0 amide bonds. The molecule has 0 atom stereocenters. The Morgan fingerprint density at radius 2 is 1.09 bits per heavy atom. The Kier molecular flexibility index (Phi) is 5.57.